The smallest absolute Gasteiger partial charge is 0.309 e. The first-order valence-electron chi connectivity index (χ1n) is 53.7. The molecule has 7 fully saturated rings. The summed E-state index contributed by atoms with van der Waals surface area (Å²) in [5, 5.41) is 28.3. The predicted molar refractivity (Wildman–Crippen MR) is 575 cm³/mol. The molecule has 0 aromatic heterocycles. The lowest BCUT2D eigenvalue weighted by molar-refractivity contribution is -0.146. The molecular weight excluding hydrogens is 1840 g/mol. The van der Waals surface area contributed by atoms with Crippen LogP contribution < -0.4 is 0 Å². The van der Waals surface area contributed by atoms with E-state index in [0.717, 1.165) is 172 Å². The monoisotopic (exact) mass is 2010 g/mol. The molecule has 4 N–H and O–H groups in total. The van der Waals surface area contributed by atoms with E-state index in [1.54, 1.807) is 55.7 Å². The predicted octanol–water partition coefficient (Wildman–Crippen LogP) is 26.3. The lowest BCUT2D eigenvalue weighted by atomic mass is 9.78. The van der Waals surface area contributed by atoms with Crippen LogP contribution in [0.15, 0.2) is 175 Å². The van der Waals surface area contributed by atoms with E-state index in [1.807, 2.05) is 71.9 Å². The Morgan fingerprint density at radius 1 is 0.366 bits per heavy atom. The van der Waals surface area contributed by atoms with Crippen LogP contribution in [0.2, 0.25) is 0 Å². The molecular formula is C124H166O20S. The van der Waals surface area contributed by atoms with Crippen molar-refractivity contribution in [1.29, 1.82) is 0 Å². The van der Waals surface area contributed by atoms with Crippen LogP contribution in [0, 0.1) is 64.2 Å². The average molecular weight is 2010 g/mol. The van der Waals surface area contributed by atoms with E-state index in [1.165, 1.54) is 184 Å². The number of carbonyl (C=O) groups is 6. The second kappa shape index (κ2) is 54.3. The number of aryl methyl sites for hydroxylation is 12. The minimum Gasteiger partial charge on any atom is -0.508 e. The largest absolute Gasteiger partial charge is 0.508 e. The molecule has 145 heavy (non-hydrogen) atoms. The molecule has 6 unspecified atom stereocenters. The molecule has 0 radical (unpaired) electrons. The number of Topliss-reactive ketones (excluding diaryl/α,β-unsaturated/α-hetero) is 1. The van der Waals surface area contributed by atoms with E-state index in [-0.39, 0.29) is 118 Å². The van der Waals surface area contributed by atoms with Gasteiger partial charge in [-0.3, -0.25) is 33.3 Å². The minimum absolute atomic E-state index is 0. The van der Waals surface area contributed by atoms with Gasteiger partial charge in [0.15, 0.2) is 5.78 Å². The van der Waals surface area contributed by atoms with Crippen molar-refractivity contribution in [3.63, 3.8) is 0 Å². The maximum atomic E-state index is 11.9. The Balaban J connectivity index is 0.000000167. The highest BCUT2D eigenvalue weighted by Gasteiger charge is 2.65. The van der Waals surface area contributed by atoms with E-state index in [4.69, 9.17) is 48.9 Å². The average Bonchev–Trinajstić information content (AvgIpc) is 1.57. The van der Waals surface area contributed by atoms with Crippen molar-refractivity contribution in [3.05, 3.63) is 276 Å². The van der Waals surface area contributed by atoms with Crippen LogP contribution in [-0.2, 0) is 144 Å². The minimum atomic E-state index is -4.02. The van der Waals surface area contributed by atoms with Gasteiger partial charge in [0.05, 0.1) is 80.4 Å². The van der Waals surface area contributed by atoms with Crippen molar-refractivity contribution in [2.24, 2.45) is 29.6 Å². The normalized spacial score (nSPS) is 24.0. The fraction of sp³-hybridized carbons (Fsp3) is 0.532. The van der Waals surface area contributed by atoms with Crippen molar-refractivity contribution in [2.45, 2.75) is 335 Å². The molecule has 20 nitrogen and oxygen atoms in total. The Morgan fingerprint density at radius 3 is 0.931 bits per heavy atom. The summed E-state index contributed by atoms with van der Waals surface area (Å²) in [6.07, 6.45) is 39.1. The maximum absolute atomic E-state index is 11.9. The molecule has 15 aliphatic rings. The van der Waals surface area contributed by atoms with Crippen molar-refractivity contribution >= 4 is 51.3 Å². The van der Waals surface area contributed by atoms with E-state index >= 15 is 0 Å². The number of hydrogen-bond acceptors (Lipinski definition) is 19. The number of hydrogen-bond donors (Lipinski definition) is 4. The van der Waals surface area contributed by atoms with Crippen LogP contribution in [0.25, 0.3) is 5.57 Å². The molecule has 21 heteroatoms. The fourth-order valence-corrected chi connectivity index (χ4v) is 23.8. The molecule has 5 saturated carbocycles. The third-order valence-electron chi connectivity index (χ3n) is 30.8. The van der Waals surface area contributed by atoms with Gasteiger partial charge in [-0.05, 0) is 407 Å². The first-order chi connectivity index (χ1) is 69.3. The van der Waals surface area contributed by atoms with Gasteiger partial charge in [-0.25, -0.2) is 0 Å². The highest BCUT2D eigenvalue weighted by Crippen LogP contribution is 2.65. The SMILES string of the molecule is C.C.C1=COCCC1.C1CCOC1.C1CCOC1.C=C1CCCc2cc(C)ccc21.CCOC(=O)C1CC12CCCc1cc(C)ccc12.CCOC(=O)C1CC12CCCc1cc(C)ccc12.CCOC(=O)C1CC12CCCc1cc(C)ccc12.CCOC(=O)[C@@H]1C[C@]12CCCc1cc(O)ccc12.CCOC(=O)[C@H]1C[C@@]12CCCc1cc(O)ccc12.Cc1ccc(S(=O)(=O)O)cc1.O=C1CCCc2cc(O)ccc21.[2H]CC. The molecule has 0 amide bonds. The summed E-state index contributed by atoms with van der Waals surface area (Å²) in [7, 11) is -4.02. The lowest BCUT2D eigenvalue weighted by Gasteiger charge is -2.26. The molecule has 788 valence electrons. The molecule has 8 aromatic rings. The van der Waals surface area contributed by atoms with Crippen LogP contribution in [0.3, 0.4) is 0 Å². The Morgan fingerprint density at radius 2 is 0.641 bits per heavy atom. The number of ether oxygens (including phenoxy) is 8. The van der Waals surface area contributed by atoms with Gasteiger partial charge in [-0.1, -0.05) is 160 Å². The lowest BCUT2D eigenvalue weighted by Crippen LogP contribution is -2.22. The Labute approximate surface area is 866 Å². The first kappa shape index (κ1) is 115. The van der Waals surface area contributed by atoms with Gasteiger partial charge in [0.2, 0.25) is 0 Å². The third-order valence-corrected chi connectivity index (χ3v) is 31.7. The summed E-state index contributed by atoms with van der Waals surface area (Å²) in [4.78, 5) is 70.8. The van der Waals surface area contributed by atoms with Crippen LogP contribution in [-0.4, -0.2) is 130 Å². The molecule has 3 aliphatic heterocycles. The van der Waals surface area contributed by atoms with Gasteiger partial charge in [0, 0.05) is 66.9 Å². The summed E-state index contributed by atoms with van der Waals surface area (Å²) < 4.78 is 76.4. The van der Waals surface area contributed by atoms with E-state index in [0.29, 0.717) is 57.9 Å². The van der Waals surface area contributed by atoms with Gasteiger partial charge in [0.1, 0.15) is 17.2 Å². The molecule has 3 heterocycles. The Bertz CT molecular complexity index is 5220. The Kier molecular flexibility index (Phi) is 42.9. The Hall–Kier alpha value is -10.7. The highest BCUT2D eigenvalue weighted by molar-refractivity contribution is 7.85. The zero-order valence-corrected chi connectivity index (χ0v) is 87.6. The zero-order chi connectivity index (χ0) is 103. The number of benzene rings is 8. The summed E-state index contributed by atoms with van der Waals surface area (Å²) >= 11 is 0. The number of phenols is 3. The number of fused-ring (bicyclic) bond motifs is 12. The summed E-state index contributed by atoms with van der Waals surface area (Å²) in [5.74, 6) is 1.39. The van der Waals surface area contributed by atoms with Crippen molar-refractivity contribution in [2.75, 3.05) is 66.1 Å². The summed E-state index contributed by atoms with van der Waals surface area (Å²) in [5.41, 5.74) is 26.1. The molecule has 0 bridgehead atoms. The van der Waals surface area contributed by atoms with Crippen molar-refractivity contribution in [1.82, 2.24) is 0 Å². The van der Waals surface area contributed by atoms with Gasteiger partial charge in [-0.2, -0.15) is 8.42 Å². The number of aromatic hydroxyl groups is 3. The van der Waals surface area contributed by atoms with Gasteiger partial charge in [-0.15, -0.1) is 0 Å². The topological polar surface area (TPSA) is 291 Å². The molecule has 12 aliphatic carbocycles. The quantitative estimate of drug-likeness (QED) is 0.0531. The van der Waals surface area contributed by atoms with Gasteiger partial charge < -0.3 is 53.2 Å². The second-order valence-electron chi connectivity index (χ2n) is 40.8. The van der Waals surface area contributed by atoms with Crippen LogP contribution >= 0.6 is 0 Å². The summed E-state index contributed by atoms with van der Waals surface area (Å²) in [6, 6.07) is 48.9. The van der Waals surface area contributed by atoms with Crippen LogP contribution in [0.1, 0.15) is 336 Å². The number of allylic oxidation sites excluding steroid dienone is 2. The van der Waals surface area contributed by atoms with Crippen LogP contribution in [0.5, 0.6) is 17.2 Å². The van der Waals surface area contributed by atoms with Crippen molar-refractivity contribution in [3.8, 4) is 17.2 Å². The van der Waals surface area contributed by atoms with E-state index < -0.39 is 10.1 Å². The fourth-order valence-electron chi connectivity index (χ4n) is 23.3. The number of ketones is 1. The van der Waals surface area contributed by atoms with E-state index in [9.17, 15) is 47.4 Å². The molecule has 5 spiro atoms. The van der Waals surface area contributed by atoms with Gasteiger partial charge >= 0.3 is 29.8 Å². The number of esters is 5. The summed E-state index contributed by atoms with van der Waals surface area (Å²) in [6.45, 7) is 33.4. The standard InChI is InChI=1S/3C16H20O2.2C15H18O3.C12H14.C10H10O2.C7H8O3S.C5H8O.2C4H8O.C2H6.2CH4/c3*1-3-18-15(17)14-10-16(14)8-4-5-12-9-11(2)6-7-13(12)16;2*1-2-18-14(17)13-9-15(13)7-3-4-10-8-11(16)5-6-12(10)15;1-9-6-7-12-10(2)4-3-5-11(12)8-9;11-8-4-5-9-7(6-8)2-1-3-10(9)12;1-6-2-4-7(5-3-6)11(8,9)10;1-2-4-6-5-3-1;2*1-2-4-5-3-1;1-2;;/h3*6-7,9,14H,3-5,8,10H2,1-2H3;2*5-6,8,13,16H,2-4,7,9H2,1H3;6-8H,2-5H2,1H3;4-6,11H,1-3H2;2-5H,1H3,(H,8,9,10);2,4H,1,3,5H2;2*1-4H2;1-2H3;2*1H4/t;;;2*13-,15-;;;;;;;;;/m...10........./s1/i;;;;;;;;;;;1D;;. The van der Waals surface area contributed by atoms with Crippen molar-refractivity contribution < 1.29 is 96.3 Å². The number of phenolic OH excluding ortho intramolecular Hbond substituents is 3. The third kappa shape index (κ3) is 29.9. The number of rotatable bonds is 11. The first-order valence-corrected chi connectivity index (χ1v) is 54.4. The maximum Gasteiger partial charge on any atom is 0.309 e. The molecule has 8 aromatic carbocycles. The molecule has 23 rings (SSSR count). The number of carbonyl (C=O) groups excluding carboxylic acids is 6. The molecule has 10 atom stereocenters. The second-order valence-corrected chi connectivity index (χ2v) is 42.2. The van der Waals surface area contributed by atoms with E-state index in [2.05, 4.69) is 107 Å². The zero-order valence-electron chi connectivity index (χ0n) is 87.8. The van der Waals surface area contributed by atoms with Gasteiger partial charge in [0.25, 0.3) is 10.1 Å². The van der Waals surface area contributed by atoms with Crippen LogP contribution in [0.4, 0.5) is 0 Å². The molecule has 2 saturated heterocycles. The highest BCUT2D eigenvalue weighted by atomic mass is 32.2.